The van der Waals surface area contributed by atoms with Crippen molar-refractivity contribution < 1.29 is 39.6 Å². The van der Waals surface area contributed by atoms with E-state index in [-0.39, 0.29) is 9.63 Å². The molecular weight excluding hydrogens is 433 g/mol. The summed E-state index contributed by atoms with van der Waals surface area (Å²) < 4.78 is 17.9. The van der Waals surface area contributed by atoms with Crippen molar-refractivity contribution in [3.05, 3.63) is 57.6 Å². The fourth-order valence-electron chi connectivity index (χ4n) is 3.54. The van der Waals surface area contributed by atoms with Crippen LogP contribution in [0.25, 0.3) is 0 Å². The highest BCUT2D eigenvalue weighted by atomic mass is 19.2. The van der Waals surface area contributed by atoms with Gasteiger partial charge in [-0.1, -0.05) is 28.7 Å². The van der Waals surface area contributed by atoms with Crippen LogP contribution in [0.5, 0.6) is 0 Å². The molecule has 2 aromatic rings. The number of aromatic nitrogens is 2. The zero-order valence-electron chi connectivity index (χ0n) is 16.7. The number of ether oxygens (including phenoxy) is 1. The number of hydroxylamine groups is 2. The van der Waals surface area contributed by atoms with E-state index in [1.54, 1.807) is 31.2 Å². The van der Waals surface area contributed by atoms with Gasteiger partial charge in [0, 0.05) is 6.20 Å². The normalized spacial score (nSPS) is 27.6. The van der Waals surface area contributed by atoms with Crippen molar-refractivity contribution in [2.45, 2.75) is 37.3 Å². The highest BCUT2D eigenvalue weighted by Gasteiger charge is 2.70. The second-order valence-electron chi connectivity index (χ2n) is 7.20. The monoisotopic (exact) mass is 455 g/mol. The maximum Gasteiger partial charge on any atom is 0.353 e. The van der Waals surface area contributed by atoms with Crippen LogP contribution in [0, 0.1) is 6.92 Å². The molecule has 1 fully saturated rings. The first-order valence-corrected chi connectivity index (χ1v) is 9.24. The number of aryl methyl sites for hydroxylation is 1. The van der Waals surface area contributed by atoms with Gasteiger partial charge in [-0.05, 0) is 18.1 Å². The summed E-state index contributed by atoms with van der Waals surface area (Å²) >= 11 is 0. The lowest BCUT2D eigenvalue weighted by Crippen LogP contribution is -2.68. The van der Waals surface area contributed by atoms with Crippen LogP contribution < -0.4 is 17.0 Å². The van der Waals surface area contributed by atoms with E-state index in [1.807, 2.05) is 0 Å². The Balaban J connectivity index is 2.20. The molecule has 32 heavy (non-hydrogen) atoms. The Labute approximate surface area is 179 Å². The molecule has 1 aliphatic rings. The summed E-state index contributed by atoms with van der Waals surface area (Å²) in [4.78, 5) is 27.5. The number of carbonyl (C=O) groups is 1. The number of aliphatic hydroxyl groups excluding tert-OH is 2. The van der Waals surface area contributed by atoms with Gasteiger partial charge in [0.15, 0.2) is 0 Å². The molecule has 0 bridgehead atoms. The molecule has 1 amide bonds. The molecule has 1 aromatic carbocycles. The molecule has 0 radical (unpaired) electrons. The number of amides is 1. The van der Waals surface area contributed by atoms with Crippen LogP contribution in [0.3, 0.4) is 0 Å². The van der Waals surface area contributed by atoms with Crippen molar-refractivity contribution in [2.24, 2.45) is 0 Å². The SMILES string of the molecule is Cc1ccccc1CN(O)[C@@]1(O)[C@H](O)[C@@H](CO)O[C@]1(O)n1c(N)c(C(=O)NF)cnc1=O. The van der Waals surface area contributed by atoms with Crippen LogP contribution >= 0.6 is 0 Å². The number of halogens is 1. The minimum absolute atomic E-state index is 0.0670. The number of hydrogen-bond acceptors (Lipinski definition) is 11. The van der Waals surface area contributed by atoms with Gasteiger partial charge >= 0.3 is 11.6 Å². The quantitative estimate of drug-likeness (QED) is 0.140. The molecule has 4 atom stereocenters. The number of nitrogens with two attached hydrogens (primary N) is 1. The molecule has 2 heterocycles. The van der Waals surface area contributed by atoms with Gasteiger partial charge in [0.25, 0.3) is 5.91 Å². The third-order valence-corrected chi connectivity index (χ3v) is 5.36. The number of nitrogens with zero attached hydrogens (tertiary/aromatic N) is 3. The first-order valence-electron chi connectivity index (χ1n) is 9.24. The minimum atomic E-state index is -3.38. The number of rotatable bonds is 6. The van der Waals surface area contributed by atoms with E-state index in [9.17, 15) is 39.7 Å². The lowest BCUT2D eigenvalue weighted by molar-refractivity contribution is -0.413. The van der Waals surface area contributed by atoms with Crippen LogP contribution in [0.2, 0.25) is 0 Å². The van der Waals surface area contributed by atoms with Gasteiger partial charge in [0.05, 0.1) is 13.2 Å². The lowest BCUT2D eigenvalue weighted by atomic mass is 9.99. The summed E-state index contributed by atoms with van der Waals surface area (Å²) in [5.41, 5.74) is 2.33. The van der Waals surface area contributed by atoms with Crippen molar-refractivity contribution in [1.29, 1.82) is 0 Å². The number of carbonyl (C=O) groups excluding carboxylic acids is 1. The Bertz CT molecular complexity index is 1080. The number of nitrogens with one attached hydrogen (secondary N) is 1. The zero-order valence-corrected chi connectivity index (χ0v) is 16.7. The predicted molar refractivity (Wildman–Crippen MR) is 103 cm³/mol. The molecule has 0 spiro atoms. The van der Waals surface area contributed by atoms with Crippen molar-refractivity contribution >= 4 is 11.7 Å². The van der Waals surface area contributed by atoms with Crippen LogP contribution in [0.1, 0.15) is 21.5 Å². The van der Waals surface area contributed by atoms with Crippen molar-refractivity contribution in [1.82, 2.24) is 20.2 Å². The van der Waals surface area contributed by atoms with Crippen LogP contribution in [-0.2, 0) is 17.2 Å². The molecule has 8 N–H and O–H groups in total. The highest BCUT2D eigenvalue weighted by molar-refractivity contribution is 5.97. The molecule has 0 aliphatic carbocycles. The van der Waals surface area contributed by atoms with Gasteiger partial charge < -0.3 is 36.1 Å². The average Bonchev–Trinajstić information content (AvgIpc) is 2.96. The molecule has 0 saturated carbocycles. The number of anilines is 1. The first-order chi connectivity index (χ1) is 15.0. The van der Waals surface area contributed by atoms with E-state index in [0.717, 1.165) is 5.54 Å². The fourth-order valence-corrected chi connectivity index (χ4v) is 3.54. The molecule has 1 aliphatic heterocycles. The standard InChI is InChI=1S/C18H22FN5O8/c1-9-4-2-3-5-10(9)7-23(31)17(29)13(26)12(8-25)32-18(17,30)24-14(20)11(15(27)22-19)6-21-16(24)28/h2-6,12-13,25-26,29-31H,7-8,20H2,1H3,(H,22,27)/t12-,13-,17-,18+/m1/s1. The molecule has 14 heteroatoms. The van der Waals surface area contributed by atoms with E-state index in [2.05, 4.69) is 4.98 Å². The summed E-state index contributed by atoms with van der Waals surface area (Å²) in [6, 6.07) is 6.63. The highest BCUT2D eigenvalue weighted by Crippen LogP contribution is 2.44. The summed E-state index contributed by atoms with van der Waals surface area (Å²) in [5.74, 6) is -5.72. The van der Waals surface area contributed by atoms with Crippen molar-refractivity contribution in [3.8, 4) is 0 Å². The number of hydrogen-bond donors (Lipinski definition) is 7. The molecule has 1 saturated heterocycles. The number of nitrogen functional groups attached to an aromatic ring is 1. The largest absolute Gasteiger partial charge is 0.394 e. The Morgan fingerprint density at radius 2 is 2.06 bits per heavy atom. The molecule has 0 unspecified atom stereocenters. The van der Waals surface area contributed by atoms with Gasteiger partial charge in [-0.15, -0.1) is 5.06 Å². The Hall–Kier alpha value is -2.98. The Morgan fingerprint density at radius 1 is 1.41 bits per heavy atom. The van der Waals surface area contributed by atoms with E-state index in [1.165, 1.54) is 0 Å². The van der Waals surface area contributed by atoms with Gasteiger partial charge in [-0.25, -0.2) is 14.3 Å². The van der Waals surface area contributed by atoms with Crippen LogP contribution in [0.4, 0.5) is 10.3 Å². The van der Waals surface area contributed by atoms with E-state index >= 15 is 0 Å². The molecule has 174 valence electrons. The van der Waals surface area contributed by atoms with E-state index in [0.29, 0.717) is 17.3 Å². The van der Waals surface area contributed by atoms with E-state index in [4.69, 9.17) is 10.5 Å². The number of benzene rings is 1. The maximum absolute atomic E-state index is 12.7. The topological polar surface area (TPSA) is 204 Å². The van der Waals surface area contributed by atoms with E-state index < -0.39 is 60.0 Å². The van der Waals surface area contributed by atoms with Gasteiger partial charge in [-0.3, -0.25) is 4.79 Å². The Kier molecular flexibility index (Phi) is 6.30. The van der Waals surface area contributed by atoms with Gasteiger partial charge in [0.1, 0.15) is 23.6 Å². The summed E-state index contributed by atoms with van der Waals surface area (Å²) in [6.45, 7) is 0.247. The minimum Gasteiger partial charge on any atom is -0.394 e. The third kappa shape index (κ3) is 3.43. The zero-order chi connectivity index (χ0) is 23.8. The van der Waals surface area contributed by atoms with Crippen molar-refractivity contribution in [3.63, 3.8) is 0 Å². The summed E-state index contributed by atoms with van der Waals surface area (Å²) in [5, 5.41) is 53.6. The fraction of sp³-hybridized carbons (Fsp3) is 0.389. The van der Waals surface area contributed by atoms with Crippen LogP contribution in [0.15, 0.2) is 35.3 Å². The lowest BCUT2D eigenvalue weighted by Gasteiger charge is -2.42. The predicted octanol–water partition coefficient (Wildman–Crippen LogP) is -2.32. The number of aliphatic hydroxyl groups is 4. The Morgan fingerprint density at radius 3 is 2.66 bits per heavy atom. The third-order valence-electron chi connectivity index (χ3n) is 5.36. The summed E-state index contributed by atoms with van der Waals surface area (Å²) in [6.07, 6.45) is -3.30. The first kappa shape index (κ1) is 23.7. The second kappa shape index (κ2) is 8.51. The van der Waals surface area contributed by atoms with Gasteiger partial charge in [0.2, 0.25) is 5.72 Å². The molecule has 3 rings (SSSR count). The average molecular weight is 455 g/mol. The van der Waals surface area contributed by atoms with Crippen LogP contribution in [-0.4, -0.2) is 70.7 Å². The summed E-state index contributed by atoms with van der Waals surface area (Å²) in [7, 11) is 0. The second-order valence-corrected chi connectivity index (χ2v) is 7.20. The smallest absolute Gasteiger partial charge is 0.353 e. The van der Waals surface area contributed by atoms with Crippen molar-refractivity contribution in [2.75, 3.05) is 12.3 Å². The van der Waals surface area contributed by atoms with Gasteiger partial charge in [-0.2, -0.15) is 5.54 Å². The molecule has 1 aromatic heterocycles. The molecular formula is C18H22FN5O8. The maximum atomic E-state index is 12.7. The molecule has 13 nitrogen and oxygen atoms in total.